The van der Waals surface area contributed by atoms with Crippen LogP contribution in [0.4, 0.5) is 27.6 Å². The number of hydrogen-bond donors (Lipinski definition) is 1. The number of phenols is 1. The van der Waals surface area contributed by atoms with Gasteiger partial charge in [-0.25, -0.2) is 26.9 Å². The number of halogens is 8. The van der Waals surface area contributed by atoms with Gasteiger partial charge in [-0.05, 0) is 57.9 Å². The third-order valence-electron chi connectivity index (χ3n) is 10.1. The van der Waals surface area contributed by atoms with Crippen LogP contribution in [0.1, 0.15) is 29.9 Å². The molecule has 3 aromatic rings. The van der Waals surface area contributed by atoms with Gasteiger partial charge in [0.1, 0.15) is 5.69 Å². The van der Waals surface area contributed by atoms with Crippen molar-refractivity contribution in [1.29, 1.82) is 0 Å². The van der Waals surface area contributed by atoms with Gasteiger partial charge in [0.25, 0.3) is 11.8 Å². The van der Waals surface area contributed by atoms with Crippen LogP contribution in [0.5, 0.6) is 11.5 Å². The highest BCUT2D eigenvalue weighted by Crippen LogP contribution is 2.66. The van der Waals surface area contributed by atoms with Gasteiger partial charge in [0.2, 0.25) is 17.6 Å². The van der Waals surface area contributed by atoms with Crippen molar-refractivity contribution in [2.75, 3.05) is 12.0 Å². The molecule has 260 valence electrons. The molecular formula is C34H22BrCl2F5N2O6. The fraction of sp³-hybridized carbons (Fsp3) is 0.294. The molecule has 2 aliphatic heterocycles. The van der Waals surface area contributed by atoms with Gasteiger partial charge in [-0.1, -0.05) is 42.0 Å². The van der Waals surface area contributed by atoms with Crippen molar-refractivity contribution in [2.24, 2.45) is 17.8 Å². The SMILES string of the molecule is COc1cc(C2C3=CCC4C(=O)N(Cc5ccccc5)C(=O)C4C3CC3(Cl)C(=O)N(c4c(F)c(F)c(F)c(F)c4F)C(=O)C23Cl)cc(Br)c1O. The zero-order valence-electron chi connectivity index (χ0n) is 25.5. The zero-order valence-corrected chi connectivity index (χ0v) is 28.6. The minimum Gasteiger partial charge on any atom is -0.503 e. The Kier molecular flexibility index (Phi) is 8.11. The van der Waals surface area contributed by atoms with Crippen molar-refractivity contribution < 1.29 is 51.0 Å². The number of ether oxygens (including phenoxy) is 1. The predicted molar refractivity (Wildman–Crippen MR) is 171 cm³/mol. The maximum atomic E-state index is 15.2. The lowest BCUT2D eigenvalue weighted by Crippen LogP contribution is -2.60. The summed E-state index contributed by atoms with van der Waals surface area (Å²) in [6.07, 6.45) is 0.942. The normalized spacial score (nSPS) is 28.9. The number of amides is 4. The molecule has 7 rings (SSSR count). The number of hydrogen-bond acceptors (Lipinski definition) is 6. The molecule has 2 aliphatic carbocycles. The molecule has 3 fully saturated rings. The van der Waals surface area contributed by atoms with Crippen LogP contribution in [0, 0.1) is 46.8 Å². The molecule has 6 unspecified atom stereocenters. The highest BCUT2D eigenvalue weighted by atomic mass is 79.9. The summed E-state index contributed by atoms with van der Waals surface area (Å²) in [6, 6.07) is 11.3. The van der Waals surface area contributed by atoms with E-state index in [9.17, 15) is 37.5 Å². The standard InChI is InChI=1S/C34H22BrCl2F5N2O6/c1-50-19-10-14(9-18(35)28(19)45)21-15-7-8-16-20(30(47)43(29(16)46)12-13-5-3-2-4-6-13)17(15)11-33(36)31(48)44(32(49)34(21,33)37)27-25(41)23(39)22(38)24(40)26(27)42/h2-7,9-10,16-17,20-21,45H,8,11-12H2,1H3. The van der Waals surface area contributed by atoms with E-state index in [1.807, 2.05) is 0 Å². The summed E-state index contributed by atoms with van der Waals surface area (Å²) in [7, 11) is 1.22. The number of methoxy groups -OCH3 is 1. The molecule has 4 amide bonds. The first-order valence-electron chi connectivity index (χ1n) is 15.0. The molecule has 3 aromatic carbocycles. The first kappa shape index (κ1) is 34.4. The number of allylic oxidation sites excluding steroid dienone is 2. The predicted octanol–water partition coefficient (Wildman–Crippen LogP) is 6.62. The van der Waals surface area contributed by atoms with E-state index in [4.69, 9.17) is 27.9 Å². The summed E-state index contributed by atoms with van der Waals surface area (Å²) in [5.41, 5.74) is -0.878. The Bertz CT molecular complexity index is 2060. The first-order chi connectivity index (χ1) is 23.6. The van der Waals surface area contributed by atoms with Crippen molar-refractivity contribution >= 4 is 68.4 Å². The van der Waals surface area contributed by atoms with Crippen molar-refractivity contribution in [2.45, 2.75) is 35.1 Å². The van der Waals surface area contributed by atoms with Gasteiger partial charge in [0.15, 0.2) is 44.5 Å². The lowest BCUT2D eigenvalue weighted by molar-refractivity contribution is -0.141. The van der Waals surface area contributed by atoms with Crippen LogP contribution in [0.3, 0.4) is 0 Å². The molecule has 2 heterocycles. The number of carbonyl (C=O) groups excluding carboxylic acids is 4. The van der Waals surface area contributed by atoms with Gasteiger partial charge in [-0.15, -0.1) is 23.2 Å². The van der Waals surface area contributed by atoms with Gasteiger partial charge < -0.3 is 9.84 Å². The summed E-state index contributed by atoms with van der Waals surface area (Å²) in [5.74, 6) is -21.7. The number of likely N-dealkylation sites (tertiary alicyclic amines) is 1. The second-order valence-corrected chi connectivity index (χ2v) is 14.6. The molecule has 0 spiro atoms. The van der Waals surface area contributed by atoms with Gasteiger partial charge in [-0.3, -0.25) is 24.1 Å². The highest BCUT2D eigenvalue weighted by molar-refractivity contribution is 9.10. The topological polar surface area (TPSA) is 104 Å². The number of nitrogens with zero attached hydrogens (tertiary/aromatic N) is 2. The van der Waals surface area contributed by atoms with E-state index in [0.29, 0.717) is 5.56 Å². The van der Waals surface area contributed by atoms with Crippen molar-refractivity contribution in [1.82, 2.24) is 4.90 Å². The summed E-state index contributed by atoms with van der Waals surface area (Å²) in [4.78, 5) is 52.0. The molecule has 8 nitrogen and oxygen atoms in total. The van der Waals surface area contributed by atoms with E-state index in [1.165, 1.54) is 19.2 Å². The second kappa shape index (κ2) is 11.8. The molecule has 1 N–H and O–H groups in total. The quantitative estimate of drug-likeness (QED) is 0.0778. The van der Waals surface area contributed by atoms with Crippen LogP contribution in [0.25, 0.3) is 0 Å². The Morgan fingerprint density at radius 1 is 0.900 bits per heavy atom. The Morgan fingerprint density at radius 2 is 1.52 bits per heavy atom. The molecule has 16 heteroatoms. The number of anilines is 1. The van der Waals surface area contributed by atoms with Gasteiger partial charge in [0, 0.05) is 5.92 Å². The second-order valence-electron chi connectivity index (χ2n) is 12.5. The Labute approximate surface area is 298 Å². The molecule has 0 aromatic heterocycles. The van der Waals surface area contributed by atoms with Crippen LogP contribution in [0.15, 0.2) is 58.6 Å². The molecule has 1 saturated carbocycles. The van der Waals surface area contributed by atoms with Gasteiger partial charge in [-0.2, -0.15) is 0 Å². The third-order valence-corrected chi connectivity index (χ3v) is 12.1. The maximum Gasteiger partial charge on any atom is 0.258 e. The summed E-state index contributed by atoms with van der Waals surface area (Å²) in [5, 5.41) is 10.6. The third kappa shape index (κ3) is 4.46. The van der Waals surface area contributed by atoms with E-state index in [0.717, 1.165) is 4.90 Å². The molecule has 0 radical (unpaired) electrons. The number of rotatable bonds is 5. The fourth-order valence-corrected chi connectivity index (χ4v) is 9.24. The largest absolute Gasteiger partial charge is 0.503 e. The van der Waals surface area contributed by atoms with Gasteiger partial charge in [0.05, 0.1) is 30.0 Å². The van der Waals surface area contributed by atoms with Crippen molar-refractivity contribution in [3.05, 3.63) is 98.8 Å². The van der Waals surface area contributed by atoms with Crippen molar-refractivity contribution in [3.63, 3.8) is 0 Å². The Balaban J connectivity index is 1.43. The van der Waals surface area contributed by atoms with Crippen molar-refractivity contribution in [3.8, 4) is 11.5 Å². The summed E-state index contributed by atoms with van der Waals surface area (Å²) < 4.78 is 78.7. The van der Waals surface area contributed by atoms with Crippen LogP contribution in [-0.2, 0) is 25.7 Å². The van der Waals surface area contributed by atoms with Crippen LogP contribution < -0.4 is 9.64 Å². The number of alkyl halides is 2. The number of benzene rings is 3. The Morgan fingerprint density at radius 3 is 2.14 bits per heavy atom. The molecule has 6 atom stereocenters. The molecule has 4 aliphatic rings. The van der Waals surface area contributed by atoms with E-state index in [2.05, 4.69) is 15.9 Å². The number of fused-ring (bicyclic) bond motifs is 4. The number of aromatic hydroxyl groups is 1. The van der Waals surface area contributed by atoms with E-state index < -0.39 is 98.2 Å². The number of imide groups is 2. The lowest BCUT2D eigenvalue weighted by atomic mass is 9.56. The molecule has 0 bridgehead atoms. The van der Waals surface area contributed by atoms with Crippen LogP contribution in [-0.4, -0.2) is 50.5 Å². The maximum absolute atomic E-state index is 15.2. The molecule has 2 saturated heterocycles. The van der Waals surface area contributed by atoms with Crippen LogP contribution in [0.2, 0.25) is 0 Å². The van der Waals surface area contributed by atoms with E-state index in [1.54, 1.807) is 36.4 Å². The van der Waals surface area contributed by atoms with E-state index >= 15 is 8.78 Å². The monoisotopic (exact) mass is 798 g/mol. The molecule has 50 heavy (non-hydrogen) atoms. The average Bonchev–Trinajstić information content (AvgIpc) is 3.42. The number of carbonyl (C=O) groups is 4. The average molecular weight is 800 g/mol. The number of phenolic OH excluding ortho intramolecular Hbond substituents is 1. The summed E-state index contributed by atoms with van der Waals surface area (Å²) >= 11 is 17.5. The first-order valence-corrected chi connectivity index (χ1v) is 16.6. The zero-order chi connectivity index (χ0) is 36.2. The Hall–Kier alpha value is -4.01. The van der Waals surface area contributed by atoms with Crippen LogP contribution >= 0.6 is 39.1 Å². The molecular weight excluding hydrogens is 778 g/mol. The minimum absolute atomic E-state index is 0.00893. The highest BCUT2D eigenvalue weighted by Gasteiger charge is 2.77. The van der Waals surface area contributed by atoms with E-state index in [-0.39, 0.29) is 45.0 Å². The minimum atomic E-state index is -2.71. The smallest absolute Gasteiger partial charge is 0.258 e. The van der Waals surface area contributed by atoms with Gasteiger partial charge >= 0.3 is 0 Å². The fourth-order valence-electron chi connectivity index (χ4n) is 7.84. The lowest BCUT2D eigenvalue weighted by Gasteiger charge is -2.50. The summed E-state index contributed by atoms with van der Waals surface area (Å²) in [6.45, 7) is -0.0595.